The fourth-order valence-corrected chi connectivity index (χ4v) is 25.6. The number of halogens is 1. The SMILES string of the molecule is COCOc1c(Cc2ccccc2)cc(Cc2ccccc2)cc1Pc1ccc(F)cc1CN1CCCCC1.COCOc1c(OC)cc(OC)cc1Pc1ccccc1CN1CCCCC1.COCOc1c(OC)cccc1Pc1c(C)cccc1CN1CCCCC1.COCOc1c(OC)cccc1Pc1ccccc1CN1CCCCC1.COCOc1ccc(OC)cc1Pc1ccccc1CN1CCCCC1. The van der Waals surface area contributed by atoms with E-state index in [9.17, 15) is 4.39 Å². The summed E-state index contributed by atoms with van der Waals surface area (Å²) in [6.45, 7) is 19.9. The third-order valence-corrected chi connectivity index (χ3v) is 33.7. The van der Waals surface area contributed by atoms with Gasteiger partial charge in [-0.05, 0) is 280 Å². The van der Waals surface area contributed by atoms with Crippen molar-refractivity contribution in [1.82, 2.24) is 24.5 Å². The smallest absolute Gasteiger partial charge is 0.188 e. The number of aryl methyl sites for hydroxylation is 1. The van der Waals surface area contributed by atoms with E-state index >= 15 is 0 Å². The molecule has 146 heavy (non-hydrogen) atoms. The number of para-hydroxylation sites is 2. The highest BCUT2D eigenvalue weighted by molar-refractivity contribution is 7.57. The molecule has 5 aliphatic rings. The number of benzene rings is 12. The average Bonchev–Trinajstić information content (AvgIpc) is 0.803. The van der Waals surface area contributed by atoms with Gasteiger partial charge >= 0.3 is 0 Å². The Balaban J connectivity index is 0.000000154. The van der Waals surface area contributed by atoms with Crippen LogP contribution in [0, 0.1) is 12.7 Å². The predicted molar refractivity (Wildman–Crippen MR) is 606 cm³/mol. The third kappa shape index (κ3) is 36.1. The maximum Gasteiger partial charge on any atom is 0.188 e. The minimum Gasteiger partial charge on any atom is -0.497 e. The maximum atomic E-state index is 14.4. The molecule has 0 aromatic heterocycles. The molecule has 5 fully saturated rings. The molecule has 26 heteroatoms. The molecular formula is C120H153FN5O15P5. The van der Waals surface area contributed by atoms with Gasteiger partial charge in [-0.3, -0.25) is 24.5 Å². The van der Waals surface area contributed by atoms with Crippen LogP contribution in [0.4, 0.5) is 4.39 Å². The van der Waals surface area contributed by atoms with Gasteiger partial charge in [0.2, 0.25) is 0 Å². The molecule has 5 unspecified atom stereocenters. The number of methoxy groups -OCH3 is 10. The Morgan fingerprint density at radius 1 is 0.233 bits per heavy atom. The van der Waals surface area contributed by atoms with Crippen LogP contribution in [0.25, 0.3) is 0 Å². The van der Waals surface area contributed by atoms with Crippen LogP contribution in [0.15, 0.2) is 249 Å². The van der Waals surface area contributed by atoms with E-state index in [-0.39, 0.29) is 39.8 Å². The second kappa shape index (κ2) is 63.3. The summed E-state index contributed by atoms with van der Waals surface area (Å²) in [5.41, 5.74) is 12.9. The van der Waals surface area contributed by atoms with Crippen molar-refractivity contribution < 1.29 is 75.4 Å². The van der Waals surface area contributed by atoms with Gasteiger partial charge in [-0.1, -0.05) is 263 Å². The van der Waals surface area contributed by atoms with E-state index in [1.807, 2.05) is 60.7 Å². The van der Waals surface area contributed by atoms with Crippen LogP contribution in [0.5, 0.6) is 57.5 Å². The number of hydrogen-bond acceptors (Lipinski definition) is 20. The van der Waals surface area contributed by atoms with Crippen molar-refractivity contribution in [1.29, 1.82) is 0 Å². The lowest BCUT2D eigenvalue weighted by molar-refractivity contribution is 0.0498. The van der Waals surface area contributed by atoms with E-state index in [1.54, 1.807) is 83.2 Å². The van der Waals surface area contributed by atoms with Crippen molar-refractivity contribution in [3.05, 3.63) is 310 Å². The molecule has 5 atom stereocenters. The molecule has 5 aliphatic heterocycles. The molecule has 0 spiro atoms. The number of hydrogen-bond donors (Lipinski definition) is 0. The summed E-state index contributed by atoms with van der Waals surface area (Å²) in [4.78, 5) is 12.7. The van der Waals surface area contributed by atoms with Crippen LogP contribution >= 0.6 is 42.9 Å². The van der Waals surface area contributed by atoms with E-state index < -0.39 is 0 Å². The zero-order valence-corrected chi connectivity index (χ0v) is 92.6. The van der Waals surface area contributed by atoms with Gasteiger partial charge in [0.1, 0.15) is 28.8 Å². The zero-order chi connectivity index (χ0) is 102. The van der Waals surface area contributed by atoms with Gasteiger partial charge in [-0.2, -0.15) is 0 Å². The van der Waals surface area contributed by atoms with Crippen molar-refractivity contribution in [2.45, 2.75) is 149 Å². The van der Waals surface area contributed by atoms with Crippen LogP contribution in [-0.4, -0.2) is 195 Å². The topological polar surface area (TPSA) is 155 Å². The Morgan fingerprint density at radius 2 is 0.589 bits per heavy atom. The Morgan fingerprint density at radius 3 is 1.04 bits per heavy atom. The van der Waals surface area contributed by atoms with Gasteiger partial charge < -0.3 is 71.1 Å². The largest absolute Gasteiger partial charge is 0.497 e. The van der Waals surface area contributed by atoms with Crippen LogP contribution in [0.1, 0.15) is 152 Å². The molecule has 20 nitrogen and oxygen atoms in total. The Hall–Kier alpha value is -9.68. The highest BCUT2D eigenvalue weighted by Crippen LogP contribution is 2.39. The van der Waals surface area contributed by atoms with Crippen LogP contribution < -0.4 is 100 Å². The van der Waals surface area contributed by atoms with Gasteiger partial charge in [-0.15, -0.1) is 0 Å². The Kier molecular flexibility index (Phi) is 49.2. The standard InChI is InChI=1S/C34H37FNO2P.C22H30NO4P.C22H30NO3P.2C21H28NO3P/c1-37-25-38-34-29(20-27-13-7-3-8-14-27)21-28(19-26-11-5-2-6-12-26)22-33(34)39-32-16-15-31(35)23-30(32)24-36-17-9-4-10-18-36;1-24-16-27-22-19(26-3)13-18(25-2)14-21(22)28-20-10-6-5-9-17(20)15-23-11-7-4-8-12-23;1-17-9-7-10-18(15-23-13-5-4-6-14-23)22(17)27-20-12-8-11-19(25-3)21(20)26-16-24-2;1-23-16-25-21-18(24-2)10-8-12-20(21)26-19-11-5-4-9-17(19)15-22-13-6-3-7-14-22;1-23-16-25-19-11-10-18(24-2)14-21(19)26-20-9-5-4-8-17(20)15-22-12-6-3-7-13-22/h2-3,5-8,11-16,21-23,39H,4,9-10,17-20,24-25H2,1H3;5-6,9-10,13-14,28H,4,7-8,11-12,15-16H2,1-3H3;7-12,27H,4-6,13-16H2,1-3H3;4-5,8-12,26H,3,6-7,13-16H2,1-2H3;4-5,8-11,14,26H,3,6-7,12-13,15-16H2,1-2H3. The van der Waals surface area contributed by atoms with Crippen molar-refractivity contribution in [3.8, 4) is 57.5 Å². The van der Waals surface area contributed by atoms with Crippen molar-refractivity contribution in [2.24, 2.45) is 0 Å². The first-order valence-electron chi connectivity index (χ1n) is 51.4. The summed E-state index contributed by atoms with van der Waals surface area (Å²) in [5, 5.41) is 12.3. The molecule has 0 bridgehead atoms. The molecule has 12 aromatic carbocycles. The Bertz CT molecular complexity index is 5810. The summed E-state index contributed by atoms with van der Waals surface area (Å²) >= 11 is 0. The Labute approximate surface area is 877 Å². The van der Waals surface area contributed by atoms with Crippen LogP contribution in [0.3, 0.4) is 0 Å². The average molecular weight is 2080 g/mol. The highest BCUT2D eigenvalue weighted by atomic mass is 31.1. The summed E-state index contributed by atoms with van der Waals surface area (Å²) in [5.74, 6) is 7.63. The first-order valence-corrected chi connectivity index (χ1v) is 56.4. The molecular weight excluding hydrogens is 1930 g/mol. The quantitative estimate of drug-likeness (QED) is 0.0262. The first-order chi connectivity index (χ1) is 71.8. The molecule has 5 heterocycles. The van der Waals surface area contributed by atoms with Crippen LogP contribution in [0.2, 0.25) is 0 Å². The molecule has 5 saturated heterocycles. The van der Waals surface area contributed by atoms with E-state index in [0.29, 0.717) is 48.7 Å². The lowest BCUT2D eigenvalue weighted by Crippen LogP contribution is -2.31. The third-order valence-electron chi connectivity index (χ3n) is 26.4. The molecule has 0 amide bonds. The minimum absolute atomic E-state index is 0.172. The van der Waals surface area contributed by atoms with Crippen molar-refractivity contribution in [3.63, 3.8) is 0 Å². The summed E-state index contributed by atoms with van der Waals surface area (Å²) in [6, 6.07) is 85.8. The van der Waals surface area contributed by atoms with E-state index in [2.05, 4.69) is 207 Å². The first kappa shape index (κ1) is 113. The van der Waals surface area contributed by atoms with E-state index in [4.69, 9.17) is 71.1 Å². The second-order valence-corrected chi connectivity index (χ2v) is 43.7. The molecule has 780 valence electrons. The molecule has 0 aliphatic carbocycles. The predicted octanol–water partition coefficient (Wildman–Crippen LogP) is 20.1. The number of rotatable bonds is 44. The maximum absolute atomic E-state index is 14.4. The number of likely N-dealkylation sites (tertiary alicyclic amines) is 5. The van der Waals surface area contributed by atoms with Crippen LogP contribution in [-0.2, 0) is 69.2 Å². The van der Waals surface area contributed by atoms with Gasteiger partial charge in [0.05, 0.1) is 35.5 Å². The summed E-state index contributed by atoms with van der Waals surface area (Å²) < 4.78 is 97.2. The van der Waals surface area contributed by atoms with Crippen molar-refractivity contribution >= 4 is 95.9 Å². The van der Waals surface area contributed by atoms with E-state index in [1.165, 1.54) is 220 Å². The number of nitrogens with zero attached hydrogens (tertiary/aromatic N) is 5. The number of piperidine rings is 5. The second-order valence-electron chi connectivity index (χ2n) is 37.1. The molecule has 17 rings (SSSR count). The van der Waals surface area contributed by atoms with Gasteiger partial charge in [0.25, 0.3) is 0 Å². The molecule has 0 N–H and O–H groups in total. The lowest BCUT2D eigenvalue weighted by Gasteiger charge is -2.28. The fraction of sp³-hybridized carbons (Fsp3) is 0.400. The van der Waals surface area contributed by atoms with Gasteiger partial charge in [0, 0.05) is 107 Å². The highest BCUT2D eigenvalue weighted by Gasteiger charge is 2.26. The zero-order valence-electron chi connectivity index (χ0n) is 87.6. The lowest BCUT2D eigenvalue weighted by atomic mass is 9.98. The van der Waals surface area contributed by atoms with Crippen molar-refractivity contribution in [2.75, 3.05) is 171 Å². The molecule has 12 aromatic rings. The number of ether oxygens (including phenoxy) is 15. The molecule has 0 saturated carbocycles. The normalized spacial score (nSPS) is 15.0. The summed E-state index contributed by atoms with van der Waals surface area (Å²) in [6.07, 6.45) is 21.3. The molecule has 0 radical (unpaired) electrons. The summed E-state index contributed by atoms with van der Waals surface area (Å²) in [7, 11) is 18.9. The van der Waals surface area contributed by atoms with Gasteiger partial charge in [-0.25, -0.2) is 4.39 Å². The van der Waals surface area contributed by atoms with Gasteiger partial charge in [0.15, 0.2) is 68.5 Å². The monoisotopic (exact) mass is 2080 g/mol. The minimum atomic E-state index is -0.172. The fourth-order valence-electron chi connectivity index (χ4n) is 19.0. The van der Waals surface area contributed by atoms with E-state index in [0.717, 1.165) is 148 Å².